The van der Waals surface area contributed by atoms with Crippen molar-refractivity contribution < 1.29 is 9.53 Å². The molecule has 1 aromatic rings. The number of rotatable bonds is 2. The summed E-state index contributed by atoms with van der Waals surface area (Å²) in [6.45, 7) is 8.34. The van der Waals surface area contributed by atoms with Gasteiger partial charge in [-0.2, -0.15) is 0 Å². The summed E-state index contributed by atoms with van der Waals surface area (Å²) in [7, 11) is 0. The van der Waals surface area contributed by atoms with Crippen LogP contribution in [0.5, 0.6) is 0 Å². The molecule has 4 nitrogen and oxygen atoms in total. The van der Waals surface area contributed by atoms with Crippen LogP contribution in [0.4, 0.5) is 4.79 Å². The van der Waals surface area contributed by atoms with E-state index in [1.807, 2.05) is 35.2 Å². The summed E-state index contributed by atoms with van der Waals surface area (Å²) in [4.78, 5) is 14.3. The topological polar surface area (TPSA) is 55.6 Å². The van der Waals surface area contributed by atoms with Crippen molar-refractivity contribution >= 4 is 6.09 Å². The lowest BCUT2D eigenvalue weighted by Crippen LogP contribution is -2.54. The van der Waals surface area contributed by atoms with Crippen molar-refractivity contribution in [2.45, 2.75) is 46.3 Å². The van der Waals surface area contributed by atoms with Gasteiger partial charge in [-0.05, 0) is 18.4 Å². The molecule has 0 unspecified atom stereocenters. The molecule has 0 saturated heterocycles. The zero-order valence-corrected chi connectivity index (χ0v) is 14.9. The second kappa shape index (κ2) is 6.25. The maximum Gasteiger partial charge on any atom is 0.410 e. The average molecular weight is 328 g/mol. The molecule has 1 saturated carbocycles. The van der Waals surface area contributed by atoms with Crippen LogP contribution in [0.1, 0.15) is 39.2 Å². The highest BCUT2D eigenvalue weighted by Crippen LogP contribution is 2.51. The highest BCUT2D eigenvalue weighted by atomic mass is 16.6. The largest absolute Gasteiger partial charge is 0.445 e. The van der Waals surface area contributed by atoms with Gasteiger partial charge in [0.2, 0.25) is 0 Å². The van der Waals surface area contributed by atoms with Crippen LogP contribution in [0, 0.1) is 10.8 Å². The Bertz CT molecular complexity index is 638. The number of nitrogens with zero attached hydrogens (tertiary/aromatic N) is 1. The summed E-state index contributed by atoms with van der Waals surface area (Å²) in [5.41, 5.74) is 8.75. The normalized spacial score (nSPS) is 28.8. The molecule has 1 aromatic carbocycles. The molecule has 0 aromatic heterocycles. The van der Waals surface area contributed by atoms with E-state index < -0.39 is 0 Å². The lowest BCUT2D eigenvalue weighted by Gasteiger charge is -2.53. The number of carbonyl (C=O) groups excluding carboxylic acids is 1. The number of ether oxygens (including phenoxy) is 1. The summed E-state index contributed by atoms with van der Waals surface area (Å²) in [5.74, 6) is 0. The van der Waals surface area contributed by atoms with Gasteiger partial charge in [-0.3, -0.25) is 0 Å². The van der Waals surface area contributed by atoms with Crippen molar-refractivity contribution in [1.82, 2.24) is 4.90 Å². The Kier molecular flexibility index (Phi) is 4.43. The zero-order chi connectivity index (χ0) is 17.4. The minimum absolute atomic E-state index is 0.00336. The van der Waals surface area contributed by atoms with E-state index in [-0.39, 0.29) is 23.0 Å². The van der Waals surface area contributed by atoms with Crippen molar-refractivity contribution in [1.29, 1.82) is 0 Å². The van der Waals surface area contributed by atoms with Gasteiger partial charge in [-0.1, -0.05) is 62.8 Å². The number of hydrogen-bond acceptors (Lipinski definition) is 3. The van der Waals surface area contributed by atoms with Crippen LogP contribution in [0.25, 0.3) is 0 Å². The van der Waals surface area contributed by atoms with E-state index >= 15 is 0 Å². The van der Waals surface area contributed by atoms with Crippen molar-refractivity contribution in [3.05, 3.63) is 47.5 Å². The van der Waals surface area contributed by atoms with Crippen molar-refractivity contribution in [3.63, 3.8) is 0 Å². The molecule has 1 amide bonds. The Morgan fingerprint density at radius 3 is 2.71 bits per heavy atom. The van der Waals surface area contributed by atoms with Gasteiger partial charge >= 0.3 is 6.09 Å². The number of hydrogen-bond donors (Lipinski definition) is 1. The molecule has 1 fully saturated rings. The van der Waals surface area contributed by atoms with Gasteiger partial charge in [0, 0.05) is 30.0 Å². The molecule has 24 heavy (non-hydrogen) atoms. The molecule has 2 aliphatic rings. The molecule has 1 aliphatic carbocycles. The third kappa shape index (κ3) is 3.07. The van der Waals surface area contributed by atoms with E-state index in [2.05, 4.69) is 26.8 Å². The van der Waals surface area contributed by atoms with E-state index in [0.717, 1.165) is 18.4 Å². The smallest absolute Gasteiger partial charge is 0.410 e. The Balaban J connectivity index is 1.68. The maximum absolute atomic E-state index is 12.5. The van der Waals surface area contributed by atoms with Crippen LogP contribution in [-0.2, 0) is 11.3 Å². The lowest BCUT2D eigenvalue weighted by molar-refractivity contribution is 0.0648. The van der Waals surface area contributed by atoms with Crippen molar-refractivity contribution in [2.24, 2.45) is 16.6 Å². The molecule has 0 radical (unpaired) electrons. The van der Waals surface area contributed by atoms with Crippen LogP contribution in [0.2, 0.25) is 0 Å². The Morgan fingerprint density at radius 2 is 2.00 bits per heavy atom. The lowest BCUT2D eigenvalue weighted by atomic mass is 9.57. The number of amides is 1. The quantitative estimate of drug-likeness (QED) is 0.842. The highest BCUT2D eigenvalue weighted by Gasteiger charge is 2.48. The van der Waals surface area contributed by atoms with E-state index in [9.17, 15) is 4.79 Å². The molecular formula is C20H28N2O2. The summed E-state index contributed by atoms with van der Waals surface area (Å²) in [6.07, 6.45) is 3.98. The molecule has 1 heterocycles. The fraction of sp³-hybridized carbons (Fsp3) is 0.550. The second-order valence-electron chi connectivity index (χ2n) is 7.97. The van der Waals surface area contributed by atoms with Crippen LogP contribution < -0.4 is 5.73 Å². The number of nitrogens with two attached hydrogens (primary N) is 1. The van der Waals surface area contributed by atoms with Gasteiger partial charge in [0.15, 0.2) is 0 Å². The van der Waals surface area contributed by atoms with Crippen LogP contribution >= 0.6 is 0 Å². The summed E-state index contributed by atoms with van der Waals surface area (Å²) >= 11 is 0. The zero-order valence-electron chi connectivity index (χ0n) is 14.9. The first-order valence-electron chi connectivity index (χ1n) is 8.75. The minimum Gasteiger partial charge on any atom is -0.445 e. The van der Waals surface area contributed by atoms with Crippen LogP contribution in [0.15, 0.2) is 42.0 Å². The van der Waals surface area contributed by atoms with Crippen LogP contribution in [-0.4, -0.2) is 30.1 Å². The molecule has 1 aliphatic heterocycles. The number of carbonyl (C=O) groups is 1. The fourth-order valence-electron chi connectivity index (χ4n) is 4.26. The van der Waals surface area contributed by atoms with Gasteiger partial charge in [-0.25, -0.2) is 4.79 Å². The predicted molar refractivity (Wildman–Crippen MR) is 95.4 cm³/mol. The first-order chi connectivity index (χ1) is 11.3. The van der Waals surface area contributed by atoms with Gasteiger partial charge in [-0.15, -0.1) is 0 Å². The maximum atomic E-state index is 12.5. The van der Waals surface area contributed by atoms with E-state index in [4.69, 9.17) is 10.5 Å². The van der Waals surface area contributed by atoms with Gasteiger partial charge in [0.1, 0.15) is 6.61 Å². The molecule has 3 rings (SSSR count). The Hall–Kier alpha value is -1.81. The Morgan fingerprint density at radius 1 is 1.29 bits per heavy atom. The van der Waals surface area contributed by atoms with Crippen molar-refractivity contribution in [3.8, 4) is 0 Å². The average Bonchev–Trinajstić information content (AvgIpc) is 2.57. The first-order valence-corrected chi connectivity index (χ1v) is 8.75. The van der Waals surface area contributed by atoms with Gasteiger partial charge in [0.25, 0.3) is 0 Å². The van der Waals surface area contributed by atoms with Gasteiger partial charge in [0.05, 0.1) is 0 Å². The second-order valence-corrected chi connectivity index (χ2v) is 7.97. The molecule has 4 heteroatoms. The third-order valence-corrected chi connectivity index (χ3v) is 5.80. The van der Waals surface area contributed by atoms with E-state index in [0.29, 0.717) is 19.7 Å². The summed E-state index contributed by atoms with van der Waals surface area (Å²) < 4.78 is 5.50. The summed E-state index contributed by atoms with van der Waals surface area (Å²) in [5, 5.41) is 0. The molecule has 2 N–H and O–H groups in total. The van der Waals surface area contributed by atoms with Crippen LogP contribution in [0.3, 0.4) is 0 Å². The van der Waals surface area contributed by atoms with E-state index in [1.165, 1.54) is 5.57 Å². The highest BCUT2D eigenvalue weighted by molar-refractivity contribution is 5.68. The minimum atomic E-state index is -0.233. The monoisotopic (exact) mass is 328 g/mol. The molecule has 0 bridgehead atoms. The van der Waals surface area contributed by atoms with Crippen molar-refractivity contribution in [2.75, 3.05) is 13.1 Å². The molecule has 2 atom stereocenters. The molecular weight excluding hydrogens is 300 g/mol. The molecule has 0 spiro atoms. The third-order valence-electron chi connectivity index (χ3n) is 5.80. The standard InChI is InChI=1S/C20H28N2O2/c1-19(2)16-10-12-22(14-20(16,3)11-9-17(19)21)18(23)24-13-15-7-5-4-6-8-15/h4-8,10,17H,9,11-14,21H2,1-3H3/t17-,20+/m0/s1. The first kappa shape index (κ1) is 17.0. The predicted octanol–water partition coefficient (Wildman–Crippen LogP) is 3.72. The number of fused-ring (bicyclic) bond motifs is 1. The SMILES string of the molecule is CC1(C)C2=CCN(C(=O)OCc3ccccc3)C[C@@]2(C)CC[C@@H]1N. The van der Waals surface area contributed by atoms with Gasteiger partial charge < -0.3 is 15.4 Å². The fourth-order valence-corrected chi connectivity index (χ4v) is 4.26. The molecule has 130 valence electrons. The number of benzene rings is 1. The summed E-state index contributed by atoms with van der Waals surface area (Å²) in [6, 6.07) is 9.98. The van der Waals surface area contributed by atoms with E-state index in [1.54, 1.807) is 0 Å². The Labute approximate surface area is 144 Å².